The standard InChI is InChI=1S/C8H15N5/c1-5-3-6(5)8(11-9)7-4-10-13(2)12-7/h4-6,8,11H,3,9H2,1-2H3. The Morgan fingerprint density at radius 1 is 1.77 bits per heavy atom. The maximum absolute atomic E-state index is 5.49. The van der Waals surface area contributed by atoms with Gasteiger partial charge in [-0.1, -0.05) is 6.92 Å². The summed E-state index contributed by atoms with van der Waals surface area (Å²) >= 11 is 0. The van der Waals surface area contributed by atoms with Crippen molar-refractivity contribution in [2.24, 2.45) is 24.7 Å². The molecule has 0 aliphatic heterocycles. The molecule has 1 aliphatic rings. The van der Waals surface area contributed by atoms with Crippen molar-refractivity contribution in [3.05, 3.63) is 11.9 Å². The van der Waals surface area contributed by atoms with Crippen LogP contribution in [0.25, 0.3) is 0 Å². The van der Waals surface area contributed by atoms with Crippen LogP contribution in [0.2, 0.25) is 0 Å². The Balaban J connectivity index is 2.13. The van der Waals surface area contributed by atoms with Gasteiger partial charge in [-0.15, -0.1) is 0 Å². The molecule has 13 heavy (non-hydrogen) atoms. The van der Waals surface area contributed by atoms with Gasteiger partial charge in [0.05, 0.1) is 12.2 Å². The van der Waals surface area contributed by atoms with Gasteiger partial charge in [0.15, 0.2) is 0 Å². The van der Waals surface area contributed by atoms with Crippen LogP contribution in [0.4, 0.5) is 0 Å². The van der Waals surface area contributed by atoms with Crippen molar-refractivity contribution < 1.29 is 0 Å². The van der Waals surface area contributed by atoms with Crippen molar-refractivity contribution in [1.29, 1.82) is 0 Å². The van der Waals surface area contributed by atoms with Crippen LogP contribution >= 0.6 is 0 Å². The first-order chi connectivity index (χ1) is 6.22. The maximum Gasteiger partial charge on any atom is 0.101 e. The largest absolute Gasteiger partial charge is 0.271 e. The van der Waals surface area contributed by atoms with Crippen molar-refractivity contribution in [2.75, 3.05) is 0 Å². The molecule has 5 nitrogen and oxygen atoms in total. The summed E-state index contributed by atoms with van der Waals surface area (Å²) in [5.41, 5.74) is 3.75. The van der Waals surface area contributed by atoms with Gasteiger partial charge < -0.3 is 0 Å². The Kier molecular flexibility index (Phi) is 2.05. The minimum atomic E-state index is 0.170. The van der Waals surface area contributed by atoms with Crippen molar-refractivity contribution in [1.82, 2.24) is 20.4 Å². The lowest BCUT2D eigenvalue weighted by atomic mass is 10.1. The molecule has 1 saturated carbocycles. The number of aromatic nitrogens is 3. The first-order valence-corrected chi connectivity index (χ1v) is 4.54. The number of nitrogens with two attached hydrogens (primary N) is 1. The van der Waals surface area contributed by atoms with Crippen LogP contribution in [0.15, 0.2) is 6.20 Å². The van der Waals surface area contributed by atoms with Crippen LogP contribution in [0, 0.1) is 11.8 Å². The monoisotopic (exact) mass is 181 g/mol. The van der Waals surface area contributed by atoms with Gasteiger partial charge in [-0.2, -0.15) is 15.0 Å². The third-order valence-electron chi connectivity index (χ3n) is 2.72. The quantitative estimate of drug-likeness (QED) is 0.508. The SMILES string of the molecule is CC1CC1C(NN)c1cnn(C)n1. The van der Waals surface area contributed by atoms with E-state index in [1.165, 1.54) is 6.42 Å². The molecule has 72 valence electrons. The highest BCUT2D eigenvalue weighted by Gasteiger charge is 2.40. The van der Waals surface area contributed by atoms with E-state index < -0.39 is 0 Å². The molecular weight excluding hydrogens is 166 g/mol. The van der Waals surface area contributed by atoms with Gasteiger partial charge in [-0.25, -0.2) is 0 Å². The first-order valence-electron chi connectivity index (χ1n) is 4.54. The second-order valence-corrected chi connectivity index (χ2v) is 3.78. The van der Waals surface area contributed by atoms with Crippen LogP contribution < -0.4 is 11.3 Å². The highest BCUT2D eigenvalue weighted by Crippen LogP contribution is 2.45. The molecule has 0 saturated heterocycles. The smallest absolute Gasteiger partial charge is 0.101 e. The number of hydrogen-bond acceptors (Lipinski definition) is 4. The van der Waals surface area contributed by atoms with E-state index in [0.29, 0.717) is 5.92 Å². The average Bonchev–Trinajstić information content (AvgIpc) is 2.62. The molecule has 2 rings (SSSR count). The molecule has 3 unspecified atom stereocenters. The third kappa shape index (κ3) is 1.57. The number of hydrogen-bond donors (Lipinski definition) is 2. The van der Waals surface area contributed by atoms with E-state index in [2.05, 4.69) is 22.5 Å². The average molecular weight is 181 g/mol. The zero-order valence-electron chi connectivity index (χ0n) is 7.94. The number of aryl methyl sites for hydroxylation is 1. The van der Waals surface area contributed by atoms with Gasteiger partial charge in [0.1, 0.15) is 5.69 Å². The fraction of sp³-hybridized carbons (Fsp3) is 0.750. The van der Waals surface area contributed by atoms with E-state index >= 15 is 0 Å². The summed E-state index contributed by atoms with van der Waals surface area (Å²) in [5.74, 6) is 6.87. The van der Waals surface area contributed by atoms with Gasteiger partial charge in [0.2, 0.25) is 0 Å². The number of nitrogens with zero attached hydrogens (tertiary/aromatic N) is 3. The van der Waals surface area contributed by atoms with Gasteiger partial charge in [0.25, 0.3) is 0 Å². The lowest BCUT2D eigenvalue weighted by Crippen LogP contribution is -2.30. The number of hydrazine groups is 1. The van der Waals surface area contributed by atoms with Crippen LogP contribution in [0.5, 0.6) is 0 Å². The Morgan fingerprint density at radius 2 is 2.46 bits per heavy atom. The van der Waals surface area contributed by atoms with Crippen molar-refractivity contribution >= 4 is 0 Å². The lowest BCUT2D eigenvalue weighted by molar-refractivity contribution is 0.459. The molecule has 1 fully saturated rings. The summed E-state index contributed by atoms with van der Waals surface area (Å²) in [5, 5.41) is 8.27. The highest BCUT2D eigenvalue weighted by molar-refractivity contribution is 5.07. The summed E-state index contributed by atoms with van der Waals surface area (Å²) in [4.78, 5) is 1.56. The van der Waals surface area contributed by atoms with E-state index in [0.717, 1.165) is 11.6 Å². The minimum Gasteiger partial charge on any atom is -0.271 e. The molecule has 1 heterocycles. The molecule has 0 bridgehead atoms. The van der Waals surface area contributed by atoms with E-state index in [-0.39, 0.29) is 6.04 Å². The summed E-state index contributed by atoms with van der Waals surface area (Å²) in [6.07, 6.45) is 3.00. The fourth-order valence-corrected chi connectivity index (χ4v) is 1.75. The second-order valence-electron chi connectivity index (χ2n) is 3.78. The van der Waals surface area contributed by atoms with Crippen LogP contribution in [0.3, 0.4) is 0 Å². The Bertz CT molecular complexity index is 294. The Hall–Kier alpha value is -0.940. The molecule has 3 N–H and O–H groups in total. The molecule has 1 aromatic rings. The molecule has 0 spiro atoms. The zero-order valence-corrected chi connectivity index (χ0v) is 7.94. The normalized spacial score (nSPS) is 28.8. The van der Waals surface area contributed by atoms with E-state index in [1.54, 1.807) is 11.0 Å². The topological polar surface area (TPSA) is 68.8 Å². The highest BCUT2D eigenvalue weighted by atomic mass is 15.5. The van der Waals surface area contributed by atoms with Gasteiger partial charge in [-0.3, -0.25) is 11.3 Å². The van der Waals surface area contributed by atoms with Gasteiger partial charge in [0, 0.05) is 7.05 Å². The molecule has 0 amide bonds. The van der Waals surface area contributed by atoms with E-state index in [9.17, 15) is 0 Å². The predicted molar refractivity (Wildman–Crippen MR) is 48.3 cm³/mol. The van der Waals surface area contributed by atoms with Crippen LogP contribution in [-0.2, 0) is 7.05 Å². The molecule has 5 heteroatoms. The number of nitrogens with one attached hydrogen (secondary N) is 1. The minimum absolute atomic E-state index is 0.170. The predicted octanol–water partition coefficient (Wildman–Crippen LogP) is -0.0245. The molecule has 0 radical (unpaired) electrons. The van der Waals surface area contributed by atoms with Crippen molar-refractivity contribution in [3.8, 4) is 0 Å². The Labute approximate surface area is 77.3 Å². The van der Waals surface area contributed by atoms with E-state index in [4.69, 9.17) is 5.84 Å². The molecular formula is C8H15N5. The van der Waals surface area contributed by atoms with Crippen molar-refractivity contribution in [3.63, 3.8) is 0 Å². The third-order valence-corrected chi connectivity index (χ3v) is 2.72. The molecule has 0 aromatic carbocycles. The van der Waals surface area contributed by atoms with Gasteiger partial charge in [-0.05, 0) is 18.3 Å². The molecule has 3 atom stereocenters. The summed E-state index contributed by atoms with van der Waals surface area (Å²) in [7, 11) is 1.81. The molecule has 1 aromatic heterocycles. The van der Waals surface area contributed by atoms with Crippen LogP contribution in [-0.4, -0.2) is 15.0 Å². The fourth-order valence-electron chi connectivity index (χ4n) is 1.75. The zero-order chi connectivity index (χ0) is 9.42. The first kappa shape index (κ1) is 8.65. The van der Waals surface area contributed by atoms with E-state index in [1.807, 2.05) is 7.05 Å². The number of rotatable bonds is 3. The maximum atomic E-state index is 5.49. The van der Waals surface area contributed by atoms with Crippen molar-refractivity contribution in [2.45, 2.75) is 19.4 Å². The summed E-state index contributed by atoms with van der Waals surface area (Å²) in [6, 6.07) is 0.170. The van der Waals surface area contributed by atoms with Crippen LogP contribution in [0.1, 0.15) is 25.1 Å². The summed E-state index contributed by atoms with van der Waals surface area (Å²) < 4.78 is 0. The Morgan fingerprint density at radius 3 is 2.85 bits per heavy atom. The lowest BCUT2D eigenvalue weighted by Gasteiger charge is -2.11. The summed E-state index contributed by atoms with van der Waals surface area (Å²) in [6.45, 7) is 2.23. The molecule has 1 aliphatic carbocycles. The second kappa shape index (κ2) is 3.08. The van der Waals surface area contributed by atoms with Gasteiger partial charge >= 0.3 is 0 Å².